The number of hydrogen-bond acceptors (Lipinski definition) is 2. The van der Waals surface area contributed by atoms with E-state index in [9.17, 15) is 4.79 Å². The van der Waals surface area contributed by atoms with Crippen LogP contribution in [0.1, 0.15) is 46.5 Å². The van der Waals surface area contributed by atoms with Crippen molar-refractivity contribution < 1.29 is 9.53 Å². The summed E-state index contributed by atoms with van der Waals surface area (Å²) >= 11 is 0. The first kappa shape index (κ1) is 11.7. The minimum absolute atomic E-state index is 0.150. The fourth-order valence-electron chi connectivity index (χ4n) is 2.17. The van der Waals surface area contributed by atoms with E-state index in [-0.39, 0.29) is 12.0 Å². The summed E-state index contributed by atoms with van der Waals surface area (Å²) < 4.78 is 5.41. The van der Waals surface area contributed by atoms with Gasteiger partial charge in [0.05, 0.1) is 6.10 Å². The second kappa shape index (κ2) is 5.50. The number of Topliss-reactive ketones (excluding diaryl/α,β-unsaturated/α-hetero) is 1. The van der Waals surface area contributed by atoms with Crippen LogP contribution in [0.25, 0.3) is 0 Å². The first-order valence-corrected chi connectivity index (χ1v) is 5.83. The maximum atomic E-state index is 11.9. The summed E-state index contributed by atoms with van der Waals surface area (Å²) in [6.45, 7) is 7.11. The molecule has 1 aliphatic heterocycles. The molecule has 0 aromatic heterocycles. The molecule has 2 heteroatoms. The first-order chi connectivity index (χ1) is 6.69. The lowest BCUT2D eigenvalue weighted by Crippen LogP contribution is -2.23. The highest BCUT2D eigenvalue weighted by molar-refractivity contribution is 5.82. The lowest BCUT2D eigenvalue weighted by atomic mass is 9.88. The number of ether oxygens (including phenoxy) is 1. The van der Waals surface area contributed by atoms with Gasteiger partial charge in [0.2, 0.25) is 0 Å². The van der Waals surface area contributed by atoms with Crippen molar-refractivity contribution in [2.75, 3.05) is 6.61 Å². The van der Waals surface area contributed by atoms with E-state index in [4.69, 9.17) is 4.74 Å². The van der Waals surface area contributed by atoms with Crippen LogP contribution in [0.3, 0.4) is 0 Å². The van der Waals surface area contributed by atoms with Crippen molar-refractivity contribution in [1.82, 2.24) is 0 Å². The SMILES string of the molecule is CCC(CC)CC(=O)C1CCOC1C. The van der Waals surface area contributed by atoms with E-state index in [1.165, 1.54) is 0 Å². The minimum atomic E-state index is 0.150. The predicted octanol–water partition coefficient (Wildman–Crippen LogP) is 2.81. The number of carbonyl (C=O) groups excluding carboxylic acids is 1. The fourth-order valence-corrected chi connectivity index (χ4v) is 2.17. The molecule has 2 nitrogen and oxygen atoms in total. The molecule has 14 heavy (non-hydrogen) atoms. The van der Waals surface area contributed by atoms with Gasteiger partial charge in [0.1, 0.15) is 5.78 Å². The predicted molar refractivity (Wildman–Crippen MR) is 57.2 cm³/mol. The molecule has 1 heterocycles. The largest absolute Gasteiger partial charge is 0.378 e. The van der Waals surface area contributed by atoms with Crippen molar-refractivity contribution in [3.05, 3.63) is 0 Å². The highest BCUT2D eigenvalue weighted by Gasteiger charge is 2.30. The van der Waals surface area contributed by atoms with Gasteiger partial charge in [0.15, 0.2) is 0 Å². The lowest BCUT2D eigenvalue weighted by molar-refractivity contribution is -0.125. The average Bonchev–Trinajstić information content (AvgIpc) is 2.60. The molecule has 0 saturated carbocycles. The van der Waals surface area contributed by atoms with Gasteiger partial charge < -0.3 is 4.74 Å². The van der Waals surface area contributed by atoms with Gasteiger partial charge in [-0.1, -0.05) is 26.7 Å². The third-order valence-corrected chi connectivity index (χ3v) is 3.43. The normalized spacial score (nSPS) is 27.1. The zero-order valence-corrected chi connectivity index (χ0v) is 9.58. The molecule has 0 spiro atoms. The van der Waals surface area contributed by atoms with Gasteiger partial charge in [-0.05, 0) is 19.3 Å². The summed E-state index contributed by atoms with van der Waals surface area (Å²) in [7, 11) is 0. The number of ketones is 1. The van der Waals surface area contributed by atoms with Crippen LogP contribution >= 0.6 is 0 Å². The van der Waals surface area contributed by atoms with Crippen LogP contribution in [-0.4, -0.2) is 18.5 Å². The molecule has 2 unspecified atom stereocenters. The van der Waals surface area contributed by atoms with Crippen molar-refractivity contribution in [2.45, 2.75) is 52.6 Å². The summed E-state index contributed by atoms with van der Waals surface area (Å²) in [5.74, 6) is 1.18. The van der Waals surface area contributed by atoms with Crippen LogP contribution in [-0.2, 0) is 9.53 Å². The lowest BCUT2D eigenvalue weighted by Gasteiger charge is -2.16. The van der Waals surface area contributed by atoms with Crippen molar-refractivity contribution >= 4 is 5.78 Å². The topological polar surface area (TPSA) is 26.3 Å². The molecule has 1 rings (SSSR count). The van der Waals surface area contributed by atoms with E-state index in [0.717, 1.165) is 32.3 Å². The molecule has 2 atom stereocenters. The van der Waals surface area contributed by atoms with Gasteiger partial charge in [0, 0.05) is 18.9 Å². The molecule has 1 fully saturated rings. The first-order valence-electron chi connectivity index (χ1n) is 5.83. The fraction of sp³-hybridized carbons (Fsp3) is 0.917. The van der Waals surface area contributed by atoms with Gasteiger partial charge >= 0.3 is 0 Å². The Labute approximate surface area is 87.0 Å². The Hall–Kier alpha value is -0.370. The van der Waals surface area contributed by atoms with Gasteiger partial charge in [-0.15, -0.1) is 0 Å². The van der Waals surface area contributed by atoms with E-state index in [0.29, 0.717) is 11.7 Å². The summed E-state index contributed by atoms with van der Waals surface area (Å²) in [5.41, 5.74) is 0. The Morgan fingerprint density at radius 1 is 1.43 bits per heavy atom. The zero-order valence-electron chi connectivity index (χ0n) is 9.58. The Morgan fingerprint density at radius 2 is 2.07 bits per heavy atom. The van der Waals surface area contributed by atoms with Gasteiger partial charge in [-0.3, -0.25) is 4.79 Å². The van der Waals surface area contributed by atoms with Crippen molar-refractivity contribution in [3.8, 4) is 0 Å². The van der Waals surface area contributed by atoms with E-state index < -0.39 is 0 Å². The molecule has 0 aliphatic carbocycles. The molecule has 0 bridgehead atoms. The number of hydrogen-bond donors (Lipinski definition) is 0. The third kappa shape index (κ3) is 2.81. The van der Waals surface area contributed by atoms with E-state index in [2.05, 4.69) is 13.8 Å². The monoisotopic (exact) mass is 198 g/mol. The quantitative estimate of drug-likeness (QED) is 0.679. The minimum Gasteiger partial charge on any atom is -0.378 e. The second-order valence-corrected chi connectivity index (χ2v) is 4.32. The van der Waals surface area contributed by atoms with Crippen LogP contribution in [0.15, 0.2) is 0 Å². The van der Waals surface area contributed by atoms with Gasteiger partial charge in [-0.2, -0.15) is 0 Å². The van der Waals surface area contributed by atoms with E-state index in [1.54, 1.807) is 0 Å². The number of rotatable bonds is 5. The Kier molecular flexibility index (Phi) is 4.59. The summed E-state index contributed by atoms with van der Waals surface area (Å²) in [6.07, 6.45) is 4.07. The zero-order chi connectivity index (χ0) is 10.6. The van der Waals surface area contributed by atoms with Crippen LogP contribution in [0, 0.1) is 11.8 Å². The van der Waals surface area contributed by atoms with Crippen molar-refractivity contribution in [1.29, 1.82) is 0 Å². The highest BCUT2D eigenvalue weighted by atomic mass is 16.5. The van der Waals surface area contributed by atoms with Gasteiger partial charge in [0.25, 0.3) is 0 Å². The second-order valence-electron chi connectivity index (χ2n) is 4.32. The Morgan fingerprint density at radius 3 is 2.50 bits per heavy atom. The molecule has 0 N–H and O–H groups in total. The summed E-state index contributed by atoms with van der Waals surface area (Å²) in [4.78, 5) is 11.9. The Balaban J connectivity index is 2.40. The molecular weight excluding hydrogens is 176 g/mol. The molecular formula is C12H22O2. The molecule has 1 aliphatic rings. The smallest absolute Gasteiger partial charge is 0.138 e. The van der Waals surface area contributed by atoms with Crippen LogP contribution < -0.4 is 0 Å². The molecule has 0 radical (unpaired) electrons. The van der Waals surface area contributed by atoms with Crippen molar-refractivity contribution in [3.63, 3.8) is 0 Å². The van der Waals surface area contributed by atoms with E-state index in [1.807, 2.05) is 6.92 Å². The van der Waals surface area contributed by atoms with Crippen LogP contribution in [0.5, 0.6) is 0 Å². The summed E-state index contributed by atoms with van der Waals surface area (Å²) in [6, 6.07) is 0. The van der Waals surface area contributed by atoms with Crippen LogP contribution in [0.2, 0.25) is 0 Å². The highest BCUT2D eigenvalue weighted by Crippen LogP contribution is 2.25. The molecule has 82 valence electrons. The maximum Gasteiger partial charge on any atom is 0.138 e. The Bertz CT molecular complexity index is 185. The van der Waals surface area contributed by atoms with Crippen LogP contribution in [0.4, 0.5) is 0 Å². The summed E-state index contributed by atoms with van der Waals surface area (Å²) in [5, 5.41) is 0. The maximum absolute atomic E-state index is 11.9. The number of carbonyl (C=O) groups is 1. The van der Waals surface area contributed by atoms with Crippen molar-refractivity contribution in [2.24, 2.45) is 11.8 Å². The molecule has 0 aromatic rings. The molecule has 0 aromatic carbocycles. The molecule has 0 amide bonds. The standard InChI is InChI=1S/C12H22O2/c1-4-10(5-2)8-12(13)11-6-7-14-9(11)3/h9-11H,4-8H2,1-3H3. The average molecular weight is 198 g/mol. The van der Waals surface area contributed by atoms with E-state index >= 15 is 0 Å². The molecule has 1 saturated heterocycles. The van der Waals surface area contributed by atoms with Gasteiger partial charge in [-0.25, -0.2) is 0 Å². The third-order valence-electron chi connectivity index (χ3n) is 3.43.